The van der Waals surface area contributed by atoms with Crippen LogP contribution in [0, 0.1) is 11.8 Å². The summed E-state index contributed by atoms with van der Waals surface area (Å²) in [5.74, 6) is 1.41. The van der Waals surface area contributed by atoms with E-state index in [9.17, 15) is 4.79 Å². The van der Waals surface area contributed by atoms with Crippen molar-refractivity contribution in [3.8, 4) is 0 Å². The number of aromatic nitrogens is 2. The highest BCUT2D eigenvalue weighted by atomic mass is 35.5. The third kappa shape index (κ3) is 3.97. The second kappa shape index (κ2) is 8.52. The maximum Gasteiger partial charge on any atom is 0.223 e. The first-order valence-corrected chi connectivity index (χ1v) is 7.59. The van der Waals surface area contributed by atoms with Crippen LogP contribution in [-0.4, -0.2) is 22.0 Å². The van der Waals surface area contributed by atoms with Crippen LogP contribution in [0.25, 0.3) is 11.0 Å². The third-order valence-electron chi connectivity index (χ3n) is 4.60. The molecule has 0 spiro atoms. The van der Waals surface area contributed by atoms with Crippen molar-refractivity contribution in [1.29, 1.82) is 0 Å². The number of nitrogens with two attached hydrogens (primary N) is 1. The highest BCUT2D eigenvalue weighted by Gasteiger charge is 2.31. The molecular weight excluding hydrogens is 335 g/mol. The zero-order chi connectivity index (χ0) is 14.8. The minimum Gasteiger partial charge on any atom is -0.349 e. The standard InChI is InChI=1S/C16H22N4O.2ClH/c1-20-14-8-3-2-7-13(14)19-15(20)10-18-16(21)12-6-4-5-11(12)9-17;;/h2-3,7-8,11-12H,4-6,9-10,17H2,1H3,(H,18,21);2*1H/t11-,12-;;/m1../s1. The van der Waals surface area contributed by atoms with Gasteiger partial charge in [0, 0.05) is 13.0 Å². The van der Waals surface area contributed by atoms with E-state index in [-0.39, 0.29) is 36.6 Å². The molecule has 1 heterocycles. The lowest BCUT2D eigenvalue weighted by Crippen LogP contribution is -2.35. The largest absolute Gasteiger partial charge is 0.349 e. The quantitative estimate of drug-likeness (QED) is 0.881. The highest BCUT2D eigenvalue weighted by molar-refractivity contribution is 5.85. The molecular formula is C16H24Cl2N4O. The molecule has 0 bridgehead atoms. The van der Waals surface area contributed by atoms with Crippen molar-refractivity contribution in [3.63, 3.8) is 0 Å². The van der Waals surface area contributed by atoms with E-state index in [0.717, 1.165) is 36.1 Å². The Morgan fingerprint density at radius 1 is 1.35 bits per heavy atom. The minimum atomic E-state index is 0. The van der Waals surface area contributed by atoms with Gasteiger partial charge in [0.25, 0.3) is 0 Å². The van der Waals surface area contributed by atoms with Crippen molar-refractivity contribution >= 4 is 41.8 Å². The number of fused-ring (bicyclic) bond motifs is 1. The predicted octanol–water partition coefficient (Wildman–Crippen LogP) is 2.41. The molecule has 1 amide bonds. The van der Waals surface area contributed by atoms with Gasteiger partial charge in [0.15, 0.2) is 0 Å². The van der Waals surface area contributed by atoms with Gasteiger partial charge in [0.1, 0.15) is 5.82 Å². The van der Waals surface area contributed by atoms with Gasteiger partial charge in [-0.05, 0) is 37.4 Å². The van der Waals surface area contributed by atoms with Crippen molar-refractivity contribution < 1.29 is 4.79 Å². The lowest BCUT2D eigenvalue weighted by Gasteiger charge is -2.17. The Morgan fingerprint density at radius 3 is 2.78 bits per heavy atom. The van der Waals surface area contributed by atoms with E-state index in [1.54, 1.807) is 0 Å². The van der Waals surface area contributed by atoms with Gasteiger partial charge < -0.3 is 15.6 Å². The molecule has 3 rings (SSSR count). The summed E-state index contributed by atoms with van der Waals surface area (Å²) in [7, 11) is 1.98. The molecule has 1 fully saturated rings. The number of aryl methyl sites for hydroxylation is 1. The molecule has 3 N–H and O–H groups in total. The number of nitrogens with zero attached hydrogens (tertiary/aromatic N) is 2. The molecule has 2 atom stereocenters. The third-order valence-corrected chi connectivity index (χ3v) is 4.60. The van der Waals surface area contributed by atoms with Crippen molar-refractivity contribution in [1.82, 2.24) is 14.9 Å². The second-order valence-corrected chi connectivity index (χ2v) is 5.83. The minimum absolute atomic E-state index is 0. The van der Waals surface area contributed by atoms with Crippen LogP contribution in [-0.2, 0) is 18.4 Å². The summed E-state index contributed by atoms with van der Waals surface area (Å²) in [6.07, 6.45) is 3.13. The molecule has 0 unspecified atom stereocenters. The Kier molecular flexibility index (Phi) is 7.32. The normalized spacial score (nSPS) is 19.9. The molecule has 1 aliphatic rings. The first-order valence-electron chi connectivity index (χ1n) is 7.59. The van der Waals surface area contributed by atoms with Gasteiger partial charge in [-0.1, -0.05) is 18.6 Å². The summed E-state index contributed by atoms with van der Waals surface area (Å²) in [5.41, 5.74) is 7.80. The molecule has 1 aliphatic carbocycles. The Balaban J connectivity index is 0.00000132. The number of amides is 1. The van der Waals surface area contributed by atoms with Gasteiger partial charge in [-0.3, -0.25) is 4.79 Å². The summed E-state index contributed by atoms with van der Waals surface area (Å²) in [6, 6.07) is 8.00. The maximum absolute atomic E-state index is 12.3. The van der Waals surface area contributed by atoms with Crippen LogP contribution in [0.3, 0.4) is 0 Å². The Labute approximate surface area is 148 Å². The molecule has 128 valence electrons. The number of hydrogen-bond acceptors (Lipinski definition) is 3. The summed E-state index contributed by atoms with van der Waals surface area (Å²) >= 11 is 0. The van der Waals surface area contributed by atoms with Crippen LogP contribution in [0.1, 0.15) is 25.1 Å². The first kappa shape index (κ1) is 19.7. The molecule has 1 saturated carbocycles. The number of rotatable bonds is 4. The summed E-state index contributed by atoms with van der Waals surface area (Å²) < 4.78 is 2.03. The number of halogens is 2. The summed E-state index contributed by atoms with van der Waals surface area (Å²) in [6.45, 7) is 1.07. The molecule has 23 heavy (non-hydrogen) atoms. The smallest absolute Gasteiger partial charge is 0.223 e. The molecule has 5 nitrogen and oxygen atoms in total. The fourth-order valence-corrected chi connectivity index (χ4v) is 3.31. The first-order chi connectivity index (χ1) is 10.2. The number of carbonyl (C=O) groups excluding carboxylic acids is 1. The van der Waals surface area contributed by atoms with Crippen LogP contribution >= 0.6 is 24.8 Å². The highest BCUT2D eigenvalue weighted by Crippen LogP contribution is 2.31. The topological polar surface area (TPSA) is 72.9 Å². The van der Waals surface area contributed by atoms with Crippen molar-refractivity contribution in [2.24, 2.45) is 24.6 Å². The van der Waals surface area contributed by atoms with Gasteiger partial charge in [-0.15, -0.1) is 24.8 Å². The van der Waals surface area contributed by atoms with E-state index >= 15 is 0 Å². The van der Waals surface area contributed by atoms with E-state index in [1.165, 1.54) is 0 Å². The van der Waals surface area contributed by atoms with Crippen LogP contribution in [0.15, 0.2) is 24.3 Å². The second-order valence-electron chi connectivity index (χ2n) is 5.83. The number of carbonyl (C=O) groups is 1. The van der Waals surface area contributed by atoms with Crippen LogP contribution in [0.2, 0.25) is 0 Å². The van der Waals surface area contributed by atoms with Gasteiger partial charge in [0.2, 0.25) is 5.91 Å². The Bertz CT molecular complexity index is 659. The lowest BCUT2D eigenvalue weighted by atomic mass is 9.95. The number of nitrogens with one attached hydrogen (secondary N) is 1. The molecule has 2 aromatic rings. The zero-order valence-electron chi connectivity index (χ0n) is 13.2. The Morgan fingerprint density at radius 2 is 2.09 bits per heavy atom. The number of para-hydroxylation sites is 2. The molecule has 0 saturated heterocycles. The van der Waals surface area contributed by atoms with Crippen molar-refractivity contribution in [3.05, 3.63) is 30.1 Å². The average molecular weight is 359 g/mol. The number of hydrogen-bond donors (Lipinski definition) is 2. The molecule has 0 aliphatic heterocycles. The van der Waals surface area contributed by atoms with Crippen LogP contribution < -0.4 is 11.1 Å². The Hall–Kier alpha value is -1.30. The maximum atomic E-state index is 12.3. The molecule has 7 heteroatoms. The van der Waals surface area contributed by atoms with Crippen molar-refractivity contribution in [2.75, 3.05) is 6.54 Å². The molecule has 1 aromatic carbocycles. The SMILES string of the molecule is Cl.Cl.Cn1c(CNC(=O)[C@@H]2CCC[C@@H]2CN)nc2ccccc21. The van der Waals surface area contributed by atoms with Gasteiger partial charge in [0.05, 0.1) is 17.6 Å². The van der Waals surface area contributed by atoms with Crippen LogP contribution in [0.5, 0.6) is 0 Å². The number of benzene rings is 1. The van der Waals surface area contributed by atoms with E-state index in [1.807, 2.05) is 35.9 Å². The fraction of sp³-hybridized carbons (Fsp3) is 0.500. The lowest BCUT2D eigenvalue weighted by molar-refractivity contribution is -0.126. The fourth-order valence-electron chi connectivity index (χ4n) is 3.31. The van der Waals surface area contributed by atoms with Gasteiger partial charge in [-0.2, -0.15) is 0 Å². The monoisotopic (exact) mass is 358 g/mol. The average Bonchev–Trinajstić information content (AvgIpc) is 3.10. The number of imidazole rings is 1. The summed E-state index contributed by atoms with van der Waals surface area (Å²) in [5, 5.41) is 3.03. The predicted molar refractivity (Wildman–Crippen MR) is 96.9 cm³/mol. The van der Waals surface area contributed by atoms with E-state index < -0.39 is 0 Å². The van der Waals surface area contributed by atoms with Gasteiger partial charge in [-0.25, -0.2) is 4.98 Å². The zero-order valence-corrected chi connectivity index (χ0v) is 14.8. The van der Waals surface area contributed by atoms with E-state index in [4.69, 9.17) is 5.73 Å². The van der Waals surface area contributed by atoms with E-state index in [0.29, 0.717) is 19.0 Å². The van der Waals surface area contributed by atoms with Crippen molar-refractivity contribution in [2.45, 2.75) is 25.8 Å². The summed E-state index contributed by atoms with van der Waals surface area (Å²) in [4.78, 5) is 16.9. The van der Waals surface area contributed by atoms with E-state index in [2.05, 4.69) is 10.3 Å². The molecule has 1 aromatic heterocycles. The van der Waals surface area contributed by atoms with Gasteiger partial charge >= 0.3 is 0 Å². The molecule has 0 radical (unpaired) electrons. The van der Waals surface area contributed by atoms with Crippen LogP contribution in [0.4, 0.5) is 0 Å².